The Bertz CT molecular complexity index is 256. The lowest BCUT2D eigenvalue weighted by Gasteiger charge is -2.12. The highest BCUT2D eigenvalue weighted by Crippen LogP contribution is 2.16. The molecule has 1 saturated heterocycles. The first-order chi connectivity index (χ1) is 7.59. The molecule has 0 aromatic rings. The number of amides is 2. The van der Waals surface area contributed by atoms with Crippen LogP contribution in [0.25, 0.3) is 0 Å². The van der Waals surface area contributed by atoms with Crippen molar-refractivity contribution in [2.24, 2.45) is 0 Å². The van der Waals surface area contributed by atoms with E-state index in [0.717, 1.165) is 17.9 Å². The van der Waals surface area contributed by atoms with Gasteiger partial charge < -0.3 is 20.8 Å². The van der Waals surface area contributed by atoms with Gasteiger partial charge in [-0.25, -0.2) is 9.59 Å². The van der Waals surface area contributed by atoms with Crippen molar-refractivity contribution in [3.8, 4) is 0 Å². The lowest BCUT2D eigenvalue weighted by molar-refractivity contribution is -0.146. The van der Waals surface area contributed by atoms with E-state index in [4.69, 9.17) is 10.2 Å². The molecule has 0 bridgehead atoms. The monoisotopic (exact) mass is 248 g/mol. The summed E-state index contributed by atoms with van der Waals surface area (Å²) >= 11 is 1.80. The molecule has 2 unspecified atom stereocenters. The molecule has 2 amide bonds. The van der Waals surface area contributed by atoms with Gasteiger partial charge in [0.2, 0.25) is 0 Å². The number of rotatable bonds is 5. The zero-order chi connectivity index (χ0) is 12.0. The van der Waals surface area contributed by atoms with Gasteiger partial charge in [0.15, 0.2) is 6.10 Å². The number of carboxylic acid groups (broad SMARTS) is 1. The smallest absolute Gasteiger partial charge is 0.332 e. The average molecular weight is 248 g/mol. The van der Waals surface area contributed by atoms with Crippen LogP contribution in [-0.2, 0) is 4.79 Å². The van der Waals surface area contributed by atoms with Gasteiger partial charge in [-0.15, -0.1) is 0 Å². The van der Waals surface area contributed by atoms with E-state index in [0.29, 0.717) is 0 Å². The fraction of sp³-hybridized carbons (Fsp3) is 0.778. The maximum Gasteiger partial charge on any atom is 0.332 e. The van der Waals surface area contributed by atoms with Crippen LogP contribution in [0.3, 0.4) is 0 Å². The maximum absolute atomic E-state index is 11.3. The van der Waals surface area contributed by atoms with E-state index in [-0.39, 0.29) is 25.0 Å². The number of hydrogen-bond donors (Lipinski definition) is 4. The van der Waals surface area contributed by atoms with Gasteiger partial charge in [0.1, 0.15) is 0 Å². The molecule has 2 atom stereocenters. The summed E-state index contributed by atoms with van der Waals surface area (Å²) < 4.78 is 0. The number of aliphatic carboxylic acids is 1. The molecule has 0 spiro atoms. The molecule has 92 valence electrons. The Balaban J connectivity index is 2.08. The Morgan fingerprint density at radius 1 is 1.50 bits per heavy atom. The number of urea groups is 1. The van der Waals surface area contributed by atoms with Crippen molar-refractivity contribution in [3.05, 3.63) is 0 Å². The summed E-state index contributed by atoms with van der Waals surface area (Å²) in [6.07, 6.45) is -0.430. The molecule has 1 aliphatic heterocycles. The lowest BCUT2D eigenvalue weighted by Crippen LogP contribution is -2.43. The molecule has 4 N–H and O–H groups in total. The molecular formula is C9H16N2O4S. The predicted octanol–water partition coefficient (Wildman–Crippen LogP) is -0.373. The molecule has 0 saturated carbocycles. The molecule has 0 aromatic heterocycles. The van der Waals surface area contributed by atoms with E-state index in [2.05, 4.69) is 10.6 Å². The van der Waals surface area contributed by atoms with Crippen molar-refractivity contribution >= 4 is 23.8 Å². The van der Waals surface area contributed by atoms with Crippen LogP contribution in [0.15, 0.2) is 0 Å². The summed E-state index contributed by atoms with van der Waals surface area (Å²) in [6, 6.07) is -0.0977. The fourth-order valence-electron chi connectivity index (χ4n) is 1.33. The molecule has 0 aromatic carbocycles. The first-order valence-corrected chi connectivity index (χ1v) is 6.28. The SMILES string of the molecule is O=C(NCCC(O)C(=O)O)NC1CCSC1. The van der Waals surface area contributed by atoms with Crippen molar-refractivity contribution in [2.45, 2.75) is 25.0 Å². The van der Waals surface area contributed by atoms with E-state index < -0.39 is 12.1 Å². The average Bonchev–Trinajstić information content (AvgIpc) is 2.70. The van der Waals surface area contributed by atoms with Crippen molar-refractivity contribution < 1.29 is 19.8 Å². The van der Waals surface area contributed by atoms with Crippen LogP contribution >= 0.6 is 11.8 Å². The van der Waals surface area contributed by atoms with E-state index in [1.165, 1.54) is 0 Å². The van der Waals surface area contributed by atoms with Gasteiger partial charge in [-0.05, 0) is 12.2 Å². The number of carboxylic acids is 1. The summed E-state index contributed by atoms with van der Waals surface area (Å²) in [6.45, 7) is 0.152. The Kier molecular flexibility index (Phi) is 5.41. The quantitative estimate of drug-likeness (QED) is 0.532. The van der Waals surface area contributed by atoms with Gasteiger partial charge >= 0.3 is 12.0 Å². The van der Waals surface area contributed by atoms with Crippen LogP contribution in [0.5, 0.6) is 0 Å². The van der Waals surface area contributed by atoms with Gasteiger partial charge in [0.25, 0.3) is 0 Å². The van der Waals surface area contributed by atoms with E-state index in [1.807, 2.05) is 0 Å². The summed E-state index contributed by atoms with van der Waals surface area (Å²) in [5.74, 6) is 0.711. The number of hydrogen-bond acceptors (Lipinski definition) is 4. The van der Waals surface area contributed by atoms with Gasteiger partial charge in [-0.1, -0.05) is 0 Å². The number of carbonyl (C=O) groups excluding carboxylic acids is 1. The van der Waals surface area contributed by atoms with Gasteiger partial charge in [0, 0.05) is 24.8 Å². The summed E-state index contributed by atoms with van der Waals surface area (Å²) in [5, 5.41) is 22.6. The van der Waals surface area contributed by atoms with Gasteiger partial charge in [-0.2, -0.15) is 11.8 Å². The van der Waals surface area contributed by atoms with Crippen molar-refractivity contribution in [3.63, 3.8) is 0 Å². The van der Waals surface area contributed by atoms with Crippen LogP contribution in [-0.4, -0.2) is 52.4 Å². The maximum atomic E-state index is 11.3. The molecule has 1 fully saturated rings. The number of aliphatic hydroxyl groups is 1. The first-order valence-electron chi connectivity index (χ1n) is 5.12. The molecule has 1 aliphatic rings. The minimum atomic E-state index is -1.41. The molecule has 1 heterocycles. The van der Waals surface area contributed by atoms with Gasteiger partial charge in [-0.3, -0.25) is 0 Å². The summed E-state index contributed by atoms with van der Waals surface area (Å²) in [7, 11) is 0. The highest BCUT2D eigenvalue weighted by atomic mass is 32.2. The van der Waals surface area contributed by atoms with Crippen LogP contribution in [0.4, 0.5) is 4.79 Å². The molecular weight excluding hydrogens is 232 g/mol. The third kappa shape index (κ3) is 4.71. The topological polar surface area (TPSA) is 98.7 Å². The predicted molar refractivity (Wildman–Crippen MR) is 60.5 cm³/mol. The standard InChI is InChI=1S/C9H16N2O4S/c12-7(8(13)14)1-3-10-9(15)11-6-2-4-16-5-6/h6-7,12H,1-5H2,(H,13,14)(H2,10,11,15). The Hall–Kier alpha value is -0.950. The number of nitrogens with one attached hydrogen (secondary N) is 2. The molecule has 0 radical (unpaired) electrons. The van der Waals surface area contributed by atoms with Gasteiger partial charge in [0.05, 0.1) is 0 Å². The Morgan fingerprint density at radius 2 is 2.25 bits per heavy atom. The second kappa shape index (κ2) is 6.59. The van der Waals surface area contributed by atoms with Crippen molar-refractivity contribution in [1.29, 1.82) is 0 Å². The minimum Gasteiger partial charge on any atom is -0.479 e. The largest absolute Gasteiger partial charge is 0.479 e. The van der Waals surface area contributed by atoms with Crippen LogP contribution in [0.1, 0.15) is 12.8 Å². The molecule has 7 heteroatoms. The summed E-state index contributed by atoms with van der Waals surface area (Å²) in [5.41, 5.74) is 0. The zero-order valence-electron chi connectivity index (χ0n) is 8.81. The van der Waals surface area contributed by atoms with E-state index in [9.17, 15) is 9.59 Å². The Labute approximate surface area is 97.8 Å². The number of aliphatic hydroxyl groups excluding tert-OH is 1. The molecule has 1 rings (SSSR count). The normalized spacial score (nSPS) is 21.4. The van der Waals surface area contributed by atoms with E-state index in [1.54, 1.807) is 11.8 Å². The third-order valence-electron chi connectivity index (χ3n) is 2.25. The van der Waals surface area contributed by atoms with Crippen LogP contribution in [0, 0.1) is 0 Å². The number of thioether (sulfide) groups is 1. The van der Waals surface area contributed by atoms with Crippen molar-refractivity contribution in [1.82, 2.24) is 10.6 Å². The molecule has 6 nitrogen and oxygen atoms in total. The number of carbonyl (C=O) groups is 2. The second-order valence-corrected chi connectivity index (χ2v) is 4.75. The second-order valence-electron chi connectivity index (χ2n) is 3.60. The Morgan fingerprint density at radius 3 is 2.81 bits per heavy atom. The third-order valence-corrected chi connectivity index (χ3v) is 3.42. The zero-order valence-corrected chi connectivity index (χ0v) is 9.63. The lowest BCUT2D eigenvalue weighted by atomic mass is 10.2. The first kappa shape index (κ1) is 13.1. The van der Waals surface area contributed by atoms with Crippen LogP contribution < -0.4 is 10.6 Å². The van der Waals surface area contributed by atoms with E-state index >= 15 is 0 Å². The fourth-order valence-corrected chi connectivity index (χ4v) is 2.48. The van der Waals surface area contributed by atoms with Crippen LogP contribution in [0.2, 0.25) is 0 Å². The highest BCUT2D eigenvalue weighted by molar-refractivity contribution is 7.99. The highest BCUT2D eigenvalue weighted by Gasteiger charge is 2.18. The molecule has 16 heavy (non-hydrogen) atoms. The van der Waals surface area contributed by atoms with Crippen molar-refractivity contribution in [2.75, 3.05) is 18.1 Å². The summed E-state index contributed by atoms with van der Waals surface area (Å²) in [4.78, 5) is 21.6. The molecule has 0 aliphatic carbocycles. The minimum absolute atomic E-state index is 0.0160.